The fourth-order valence-corrected chi connectivity index (χ4v) is 4.67. The lowest BCUT2D eigenvalue weighted by molar-refractivity contribution is -0.133. The molecule has 1 aromatic heterocycles. The van der Waals surface area contributed by atoms with Gasteiger partial charge in [0.1, 0.15) is 11.2 Å². The third-order valence-electron chi connectivity index (χ3n) is 7.01. The van der Waals surface area contributed by atoms with Gasteiger partial charge in [-0.25, -0.2) is 0 Å². The normalized spacial score (nSPS) is 25.5. The lowest BCUT2D eigenvalue weighted by atomic mass is 9.95. The van der Waals surface area contributed by atoms with Crippen molar-refractivity contribution in [3.8, 4) is 0 Å². The Morgan fingerprint density at radius 1 is 1.20 bits per heavy atom. The van der Waals surface area contributed by atoms with Crippen LogP contribution in [0.25, 0.3) is 0 Å². The van der Waals surface area contributed by atoms with E-state index in [0.717, 1.165) is 45.3 Å². The Balaban J connectivity index is 1.51. The molecule has 2 fully saturated rings. The van der Waals surface area contributed by atoms with Gasteiger partial charge in [0, 0.05) is 45.3 Å². The number of rotatable bonds is 4. The number of amides is 3. The second-order valence-electron chi connectivity index (χ2n) is 8.89. The fourth-order valence-electron chi connectivity index (χ4n) is 4.67. The van der Waals surface area contributed by atoms with Crippen LogP contribution >= 0.6 is 0 Å². The molecule has 30 heavy (non-hydrogen) atoms. The summed E-state index contributed by atoms with van der Waals surface area (Å²) >= 11 is 0. The quantitative estimate of drug-likeness (QED) is 0.775. The van der Waals surface area contributed by atoms with Crippen molar-refractivity contribution >= 4 is 17.7 Å². The molecule has 4 rings (SSSR count). The van der Waals surface area contributed by atoms with Crippen molar-refractivity contribution in [1.29, 1.82) is 0 Å². The van der Waals surface area contributed by atoms with Crippen LogP contribution in [-0.4, -0.2) is 93.6 Å². The maximum absolute atomic E-state index is 13.1. The maximum atomic E-state index is 13.1. The van der Waals surface area contributed by atoms with Crippen molar-refractivity contribution < 1.29 is 14.4 Å². The van der Waals surface area contributed by atoms with Crippen LogP contribution in [0.3, 0.4) is 0 Å². The highest BCUT2D eigenvalue weighted by atomic mass is 16.2. The Hall–Kier alpha value is -2.42. The number of carbonyl (C=O) groups excluding carboxylic acids is 3. The molecule has 0 bridgehead atoms. The Morgan fingerprint density at radius 2 is 1.87 bits per heavy atom. The van der Waals surface area contributed by atoms with E-state index in [0.29, 0.717) is 18.8 Å². The van der Waals surface area contributed by atoms with Gasteiger partial charge in [-0.2, -0.15) is 5.10 Å². The largest absolute Gasteiger partial charge is 0.351 e. The molecule has 3 heterocycles. The van der Waals surface area contributed by atoms with Crippen molar-refractivity contribution in [3.63, 3.8) is 0 Å². The zero-order valence-electron chi connectivity index (χ0n) is 18.2. The molecular formula is C21H32N6O3. The summed E-state index contributed by atoms with van der Waals surface area (Å²) in [6.07, 6.45) is 4.21. The summed E-state index contributed by atoms with van der Waals surface area (Å²) in [6, 6.07) is 1.75. The van der Waals surface area contributed by atoms with Crippen molar-refractivity contribution in [2.75, 3.05) is 39.8 Å². The Morgan fingerprint density at radius 3 is 2.50 bits per heavy atom. The first-order chi connectivity index (χ1) is 14.3. The van der Waals surface area contributed by atoms with E-state index in [1.807, 2.05) is 0 Å². The van der Waals surface area contributed by atoms with E-state index in [4.69, 9.17) is 0 Å². The summed E-state index contributed by atoms with van der Waals surface area (Å²) in [5, 5.41) is 7.55. The van der Waals surface area contributed by atoms with Crippen LogP contribution in [0.5, 0.6) is 0 Å². The molecule has 1 saturated heterocycles. The molecule has 9 nitrogen and oxygen atoms in total. The molecule has 2 aliphatic heterocycles. The summed E-state index contributed by atoms with van der Waals surface area (Å²) in [6.45, 7) is 8.10. The minimum Gasteiger partial charge on any atom is -0.351 e. The van der Waals surface area contributed by atoms with Crippen molar-refractivity contribution in [1.82, 2.24) is 29.8 Å². The summed E-state index contributed by atoms with van der Waals surface area (Å²) in [5.74, 6) is -0.595. The Bertz CT molecular complexity index is 838. The topological polar surface area (TPSA) is 90.8 Å². The molecular weight excluding hydrogens is 384 g/mol. The molecule has 1 aromatic rings. The minimum atomic E-state index is -1.04. The summed E-state index contributed by atoms with van der Waals surface area (Å²) < 4.78 is 1.53. The molecule has 0 aromatic carbocycles. The first-order valence-corrected chi connectivity index (χ1v) is 11.0. The molecule has 3 aliphatic rings. The number of hydrogen-bond donors (Lipinski definition) is 1. The van der Waals surface area contributed by atoms with Gasteiger partial charge in [0.2, 0.25) is 5.91 Å². The van der Waals surface area contributed by atoms with Gasteiger partial charge in [-0.15, -0.1) is 0 Å². The number of piperazine rings is 1. The van der Waals surface area contributed by atoms with Crippen molar-refractivity contribution in [3.05, 3.63) is 17.5 Å². The van der Waals surface area contributed by atoms with E-state index in [1.165, 1.54) is 9.58 Å². The number of carbonyl (C=O) groups is 3. The molecule has 1 atom stereocenters. The van der Waals surface area contributed by atoms with Crippen molar-refractivity contribution in [2.45, 2.75) is 57.7 Å². The maximum Gasteiger partial charge on any atom is 0.274 e. The predicted octanol–water partition coefficient (Wildman–Crippen LogP) is 0.564. The Kier molecular flexibility index (Phi) is 5.57. The highest BCUT2D eigenvalue weighted by Gasteiger charge is 2.47. The van der Waals surface area contributed by atoms with Crippen LogP contribution in [0.15, 0.2) is 6.07 Å². The highest BCUT2D eigenvalue weighted by molar-refractivity contribution is 6.01. The minimum absolute atomic E-state index is 0.153. The monoisotopic (exact) mass is 416 g/mol. The van der Waals surface area contributed by atoms with E-state index < -0.39 is 5.54 Å². The van der Waals surface area contributed by atoms with Gasteiger partial charge in [0.05, 0.1) is 6.54 Å². The van der Waals surface area contributed by atoms with Gasteiger partial charge in [-0.3, -0.25) is 19.1 Å². The van der Waals surface area contributed by atoms with Gasteiger partial charge >= 0.3 is 0 Å². The summed E-state index contributed by atoms with van der Waals surface area (Å²) in [5.41, 5.74) is -0.400. The van der Waals surface area contributed by atoms with Gasteiger partial charge in [0.25, 0.3) is 11.8 Å². The van der Waals surface area contributed by atoms with E-state index in [1.54, 1.807) is 24.9 Å². The average Bonchev–Trinajstić information content (AvgIpc) is 3.41. The number of nitrogens with zero attached hydrogens (tertiary/aromatic N) is 5. The number of nitrogens with one attached hydrogen (secondary N) is 1. The summed E-state index contributed by atoms with van der Waals surface area (Å²) in [4.78, 5) is 44.6. The third kappa shape index (κ3) is 3.59. The van der Waals surface area contributed by atoms with Gasteiger partial charge in [0.15, 0.2) is 5.69 Å². The zero-order chi connectivity index (χ0) is 21.5. The molecule has 1 unspecified atom stereocenters. The second kappa shape index (κ2) is 8.02. The lowest BCUT2D eigenvalue weighted by Gasteiger charge is -2.41. The number of hydrogen-bond acceptors (Lipinski definition) is 5. The first-order valence-electron chi connectivity index (χ1n) is 11.0. The SMILES string of the molecule is CCN1CCN(C(=O)c2cc3n(n2)CC(C)(C(=O)NC2CCCC2)N(C)C3=O)CC1. The van der Waals surface area contributed by atoms with Crippen LogP contribution in [0.1, 0.15) is 60.5 Å². The number of fused-ring (bicyclic) bond motifs is 1. The predicted molar refractivity (Wildman–Crippen MR) is 111 cm³/mol. The first kappa shape index (κ1) is 20.8. The molecule has 1 N–H and O–H groups in total. The van der Waals surface area contributed by atoms with E-state index in [9.17, 15) is 14.4 Å². The van der Waals surface area contributed by atoms with Crippen molar-refractivity contribution in [2.24, 2.45) is 0 Å². The molecule has 3 amide bonds. The molecule has 1 saturated carbocycles. The lowest BCUT2D eigenvalue weighted by Crippen LogP contribution is -2.63. The van der Waals surface area contributed by atoms with Gasteiger partial charge in [-0.05, 0) is 26.3 Å². The molecule has 0 radical (unpaired) electrons. The molecule has 164 valence electrons. The Labute approximate surface area is 177 Å². The van der Waals surface area contributed by atoms with Crippen LogP contribution in [-0.2, 0) is 11.3 Å². The summed E-state index contributed by atoms with van der Waals surface area (Å²) in [7, 11) is 1.65. The van der Waals surface area contributed by atoms with E-state index in [2.05, 4.69) is 22.2 Å². The van der Waals surface area contributed by atoms with Crippen LogP contribution < -0.4 is 5.32 Å². The average molecular weight is 417 g/mol. The fraction of sp³-hybridized carbons (Fsp3) is 0.714. The zero-order valence-corrected chi connectivity index (χ0v) is 18.2. The van der Waals surface area contributed by atoms with Gasteiger partial charge < -0.3 is 20.0 Å². The second-order valence-corrected chi connectivity index (χ2v) is 8.89. The molecule has 0 spiro atoms. The molecule has 1 aliphatic carbocycles. The highest BCUT2D eigenvalue weighted by Crippen LogP contribution is 2.27. The standard InChI is InChI=1S/C21H32N6O3/c1-4-25-9-11-26(12-10-25)18(28)16-13-17-19(29)24(3)21(2,14-27(17)23-16)20(30)22-15-7-5-6-8-15/h13,15H,4-12,14H2,1-3H3,(H,22,30). The van der Waals surface area contributed by atoms with Crippen LogP contribution in [0.4, 0.5) is 0 Å². The third-order valence-corrected chi connectivity index (χ3v) is 7.01. The van der Waals surface area contributed by atoms with E-state index in [-0.39, 0.29) is 36.0 Å². The number of likely N-dealkylation sites (N-methyl/N-ethyl adjacent to an activating group) is 2. The van der Waals surface area contributed by atoms with Gasteiger partial charge in [-0.1, -0.05) is 19.8 Å². The smallest absolute Gasteiger partial charge is 0.274 e. The van der Waals surface area contributed by atoms with E-state index >= 15 is 0 Å². The van der Waals surface area contributed by atoms with Crippen LogP contribution in [0.2, 0.25) is 0 Å². The molecule has 9 heteroatoms. The van der Waals surface area contributed by atoms with Crippen LogP contribution in [0, 0.1) is 0 Å². The number of aromatic nitrogens is 2.